The quantitative estimate of drug-likeness (QED) is 0.602. The Kier molecular flexibility index (Phi) is 4.27. The van der Waals surface area contributed by atoms with Crippen molar-refractivity contribution in [2.75, 3.05) is 24.6 Å². The van der Waals surface area contributed by atoms with Crippen molar-refractivity contribution >= 4 is 42.3 Å². The van der Waals surface area contributed by atoms with E-state index in [2.05, 4.69) is 11.7 Å². The van der Waals surface area contributed by atoms with Crippen LogP contribution in [0.5, 0.6) is 0 Å². The molecule has 1 aliphatic heterocycles. The lowest BCUT2D eigenvalue weighted by molar-refractivity contribution is 0.423. The Balaban J connectivity index is 2.89. The fourth-order valence-electron chi connectivity index (χ4n) is 1.29. The van der Waals surface area contributed by atoms with E-state index in [0.29, 0.717) is 0 Å². The highest BCUT2D eigenvalue weighted by atomic mass is 33.1. The average molecular weight is 305 g/mol. The molecule has 5 nitrogen and oxygen atoms in total. The monoisotopic (exact) mass is 305 g/mol. The van der Waals surface area contributed by atoms with Crippen molar-refractivity contribution in [3.8, 4) is 0 Å². The molecule has 0 aliphatic carbocycles. The van der Waals surface area contributed by atoms with Crippen LogP contribution in [0.4, 0.5) is 0 Å². The summed E-state index contributed by atoms with van der Waals surface area (Å²) < 4.78 is 46.8. The lowest BCUT2D eigenvalue weighted by Gasteiger charge is -2.32. The van der Waals surface area contributed by atoms with E-state index >= 15 is 0 Å². The third kappa shape index (κ3) is 2.87. The van der Waals surface area contributed by atoms with Gasteiger partial charge in [-0.1, -0.05) is 10.8 Å². The molecular weight excluding hydrogens is 290 g/mol. The van der Waals surface area contributed by atoms with E-state index in [0.717, 1.165) is 10.8 Å². The number of thiol groups is 1. The second-order valence-electron chi connectivity index (χ2n) is 4.05. The van der Waals surface area contributed by atoms with Crippen LogP contribution in [0.2, 0.25) is 0 Å². The fourth-order valence-corrected chi connectivity index (χ4v) is 5.55. The maximum atomic E-state index is 12.1. The molecule has 0 bridgehead atoms. The van der Waals surface area contributed by atoms with Crippen LogP contribution in [0.25, 0.3) is 0 Å². The maximum absolute atomic E-state index is 12.1. The normalized spacial score (nSPS) is 23.2. The van der Waals surface area contributed by atoms with Crippen LogP contribution in [-0.2, 0) is 19.9 Å². The molecule has 1 heterocycles. The Bertz CT molecular complexity index is 439. The van der Waals surface area contributed by atoms with E-state index < -0.39 is 23.9 Å². The van der Waals surface area contributed by atoms with Gasteiger partial charge in [0.25, 0.3) is 0 Å². The number of rotatable bonds is 3. The summed E-state index contributed by atoms with van der Waals surface area (Å²) in [7, 11) is -5.62. The predicted octanol–water partition coefficient (Wildman–Crippen LogP) is 0.361. The first-order chi connectivity index (χ1) is 7.12. The molecule has 1 aliphatic rings. The van der Waals surface area contributed by atoms with Crippen LogP contribution in [0.1, 0.15) is 13.8 Å². The van der Waals surface area contributed by atoms with Gasteiger partial charge in [-0.05, 0) is 13.8 Å². The minimum Gasteiger partial charge on any atom is -0.229 e. The van der Waals surface area contributed by atoms with Crippen molar-refractivity contribution < 1.29 is 16.8 Å². The fraction of sp³-hybridized carbons (Fsp3) is 1.00. The largest absolute Gasteiger partial charge is 0.229 e. The maximum Gasteiger partial charge on any atom is 0.229 e. The van der Waals surface area contributed by atoms with Crippen molar-refractivity contribution in [2.45, 2.75) is 17.9 Å². The Morgan fingerprint density at radius 3 is 2.06 bits per heavy atom. The molecule has 1 saturated heterocycles. The summed E-state index contributed by atoms with van der Waals surface area (Å²) in [4.78, 5) is 0. The van der Waals surface area contributed by atoms with Crippen LogP contribution in [0.15, 0.2) is 0 Å². The molecule has 16 heavy (non-hydrogen) atoms. The molecule has 96 valence electrons. The van der Waals surface area contributed by atoms with Crippen molar-refractivity contribution in [3.05, 3.63) is 0 Å². The van der Waals surface area contributed by atoms with Crippen molar-refractivity contribution in [1.29, 1.82) is 0 Å². The zero-order chi connectivity index (χ0) is 12.6. The number of nitrogens with zero attached hydrogens (tertiary/aromatic N) is 1. The summed E-state index contributed by atoms with van der Waals surface area (Å²) in [6, 6.07) is 0. The lowest BCUT2D eigenvalue weighted by Crippen LogP contribution is -2.49. The summed E-state index contributed by atoms with van der Waals surface area (Å²) in [5.74, 6) is -0.195. The Hall–Kier alpha value is 0.560. The van der Waals surface area contributed by atoms with Gasteiger partial charge in [0.1, 0.15) is 4.08 Å². The second kappa shape index (κ2) is 4.68. The summed E-state index contributed by atoms with van der Waals surface area (Å²) in [5.41, 5.74) is 0. The average Bonchev–Trinajstić information content (AvgIpc) is 2.16. The minimum absolute atomic E-state index is 0.0441. The van der Waals surface area contributed by atoms with Crippen molar-refractivity contribution in [1.82, 2.24) is 4.31 Å². The number of hydrogen-bond acceptors (Lipinski definition) is 6. The highest BCUT2D eigenvalue weighted by molar-refractivity contribution is 8.70. The van der Waals surface area contributed by atoms with Gasteiger partial charge in [0.15, 0.2) is 9.84 Å². The van der Waals surface area contributed by atoms with Gasteiger partial charge in [0, 0.05) is 13.1 Å². The summed E-state index contributed by atoms with van der Waals surface area (Å²) in [6.07, 6.45) is 0. The summed E-state index contributed by atoms with van der Waals surface area (Å²) in [6.45, 7) is 3.21. The molecule has 0 aromatic rings. The van der Waals surface area contributed by atoms with E-state index in [1.54, 1.807) is 13.8 Å². The molecule has 0 atom stereocenters. The van der Waals surface area contributed by atoms with E-state index in [1.807, 2.05) is 0 Å². The number of hydrogen-bond donors (Lipinski definition) is 1. The van der Waals surface area contributed by atoms with Crippen molar-refractivity contribution in [2.24, 2.45) is 0 Å². The van der Waals surface area contributed by atoms with Crippen molar-refractivity contribution in [3.63, 3.8) is 0 Å². The van der Waals surface area contributed by atoms with Crippen LogP contribution < -0.4 is 0 Å². The molecule has 0 N–H and O–H groups in total. The van der Waals surface area contributed by atoms with Crippen LogP contribution in [-0.4, -0.2) is 49.8 Å². The molecule has 0 aromatic heterocycles. The highest BCUT2D eigenvalue weighted by Gasteiger charge is 2.41. The van der Waals surface area contributed by atoms with Crippen LogP contribution >= 0.6 is 22.5 Å². The van der Waals surface area contributed by atoms with Crippen LogP contribution in [0.3, 0.4) is 0 Å². The molecular formula is C7H15NO4S4. The molecule has 0 spiro atoms. The number of sulfonamides is 1. The van der Waals surface area contributed by atoms with Gasteiger partial charge in [-0.3, -0.25) is 0 Å². The highest BCUT2D eigenvalue weighted by Crippen LogP contribution is 2.35. The lowest BCUT2D eigenvalue weighted by atomic mass is 10.5. The number of sulfone groups is 1. The molecule has 0 saturated carbocycles. The minimum atomic E-state index is -3.51. The first-order valence-corrected chi connectivity index (χ1v) is 9.78. The van der Waals surface area contributed by atoms with Gasteiger partial charge in [0.2, 0.25) is 10.0 Å². The third-order valence-corrected chi connectivity index (χ3v) is 9.44. The van der Waals surface area contributed by atoms with Crippen LogP contribution in [0, 0.1) is 0 Å². The van der Waals surface area contributed by atoms with Gasteiger partial charge in [0.05, 0.1) is 11.5 Å². The second-order valence-corrected chi connectivity index (χ2v) is 10.8. The predicted molar refractivity (Wildman–Crippen MR) is 69.8 cm³/mol. The molecule has 1 fully saturated rings. The van der Waals surface area contributed by atoms with E-state index in [1.165, 1.54) is 4.31 Å². The molecule has 1 rings (SSSR count). The standard InChI is InChI=1S/C7H15NO4S4/c1-7(2,14-13)16(11,12)8-3-5-15(9,10)6-4-8/h13H,3-6H2,1-2H3. The van der Waals surface area contributed by atoms with E-state index in [9.17, 15) is 16.8 Å². The van der Waals surface area contributed by atoms with Gasteiger partial charge in [-0.25, -0.2) is 16.8 Å². The smallest absolute Gasteiger partial charge is 0.229 e. The molecule has 0 radical (unpaired) electrons. The zero-order valence-corrected chi connectivity index (χ0v) is 12.4. The first-order valence-electron chi connectivity index (χ1n) is 4.65. The van der Waals surface area contributed by atoms with Gasteiger partial charge >= 0.3 is 0 Å². The topological polar surface area (TPSA) is 71.5 Å². The molecule has 0 amide bonds. The Morgan fingerprint density at radius 2 is 1.69 bits per heavy atom. The Morgan fingerprint density at radius 1 is 1.25 bits per heavy atom. The summed E-state index contributed by atoms with van der Waals surface area (Å²) >= 11 is 3.94. The molecule has 0 aromatic carbocycles. The first kappa shape index (κ1) is 14.6. The molecule has 0 unspecified atom stereocenters. The van der Waals surface area contributed by atoms with Gasteiger partial charge in [-0.15, -0.1) is 11.7 Å². The summed E-state index contributed by atoms with van der Waals surface area (Å²) in [5, 5.41) is 0. The SMILES string of the molecule is CC(C)(SS)S(=O)(=O)N1CCS(=O)(=O)CC1. The zero-order valence-electron chi connectivity index (χ0n) is 9.08. The van der Waals surface area contributed by atoms with Gasteiger partial charge in [-0.2, -0.15) is 4.31 Å². The van der Waals surface area contributed by atoms with Gasteiger partial charge < -0.3 is 0 Å². The third-order valence-electron chi connectivity index (χ3n) is 2.48. The van der Waals surface area contributed by atoms with E-state index in [-0.39, 0.29) is 24.6 Å². The van der Waals surface area contributed by atoms with E-state index in [4.69, 9.17) is 0 Å². The molecule has 9 heteroatoms. The Labute approximate surface area is 106 Å².